The van der Waals surface area contributed by atoms with Gasteiger partial charge in [-0.3, -0.25) is 0 Å². The van der Waals surface area contributed by atoms with Gasteiger partial charge in [-0.1, -0.05) is 43.2 Å². The van der Waals surface area contributed by atoms with Crippen LogP contribution in [0.15, 0.2) is 30.3 Å². The van der Waals surface area contributed by atoms with E-state index in [1.165, 1.54) is 0 Å². The van der Waals surface area contributed by atoms with Crippen LogP contribution in [0.5, 0.6) is 0 Å². The van der Waals surface area contributed by atoms with E-state index in [1.807, 2.05) is 30.3 Å². The second kappa shape index (κ2) is 5.46. The first-order chi connectivity index (χ1) is 7.77. The minimum absolute atomic E-state index is 0.0638. The van der Waals surface area contributed by atoms with E-state index in [0.29, 0.717) is 6.42 Å². The van der Waals surface area contributed by atoms with Gasteiger partial charge in [-0.15, -0.1) is 0 Å². The predicted octanol–water partition coefficient (Wildman–Crippen LogP) is 2.14. The van der Waals surface area contributed by atoms with Crippen molar-refractivity contribution < 1.29 is 10.2 Å². The van der Waals surface area contributed by atoms with Crippen LogP contribution in [0.4, 0.5) is 0 Å². The quantitative estimate of drug-likeness (QED) is 0.819. The summed E-state index contributed by atoms with van der Waals surface area (Å²) in [5.74, 6) is 0.0638. The molecular formula is C14H20O2. The standard InChI is InChI=1S/C14H20O2/c15-13-9-5-4-8-12(13)14(16)10-11-6-2-1-3-7-11/h1-3,6-7,12-16H,4-5,8-10H2. The first-order valence-corrected chi connectivity index (χ1v) is 6.17. The third-order valence-electron chi connectivity index (χ3n) is 3.56. The maximum atomic E-state index is 10.1. The summed E-state index contributed by atoms with van der Waals surface area (Å²) in [4.78, 5) is 0. The summed E-state index contributed by atoms with van der Waals surface area (Å²) in [6.45, 7) is 0. The van der Waals surface area contributed by atoms with E-state index in [-0.39, 0.29) is 12.0 Å². The van der Waals surface area contributed by atoms with E-state index in [9.17, 15) is 10.2 Å². The molecule has 1 aromatic rings. The molecule has 1 saturated carbocycles. The minimum Gasteiger partial charge on any atom is -0.393 e. The molecular weight excluding hydrogens is 200 g/mol. The van der Waals surface area contributed by atoms with Crippen molar-refractivity contribution in [3.63, 3.8) is 0 Å². The van der Waals surface area contributed by atoms with Gasteiger partial charge in [0.25, 0.3) is 0 Å². The van der Waals surface area contributed by atoms with Gasteiger partial charge < -0.3 is 10.2 Å². The number of aliphatic hydroxyl groups excluding tert-OH is 2. The van der Waals surface area contributed by atoms with E-state index in [4.69, 9.17) is 0 Å². The summed E-state index contributed by atoms with van der Waals surface area (Å²) in [6.07, 6.45) is 3.96. The monoisotopic (exact) mass is 220 g/mol. The summed E-state index contributed by atoms with van der Waals surface area (Å²) in [6, 6.07) is 10.0. The molecule has 0 amide bonds. The molecule has 0 aromatic heterocycles. The van der Waals surface area contributed by atoms with E-state index >= 15 is 0 Å². The third-order valence-corrected chi connectivity index (χ3v) is 3.56. The van der Waals surface area contributed by atoms with Gasteiger partial charge in [0.05, 0.1) is 12.2 Å². The van der Waals surface area contributed by atoms with Crippen LogP contribution in [0.2, 0.25) is 0 Å². The van der Waals surface area contributed by atoms with Crippen molar-refractivity contribution in [2.24, 2.45) is 5.92 Å². The smallest absolute Gasteiger partial charge is 0.0633 e. The zero-order chi connectivity index (χ0) is 11.4. The van der Waals surface area contributed by atoms with Crippen molar-refractivity contribution >= 4 is 0 Å². The lowest BCUT2D eigenvalue weighted by Gasteiger charge is -2.31. The zero-order valence-corrected chi connectivity index (χ0v) is 9.55. The molecule has 2 heteroatoms. The van der Waals surface area contributed by atoms with Crippen LogP contribution in [0.3, 0.4) is 0 Å². The Kier molecular flexibility index (Phi) is 3.97. The van der Waals surface area contributed by atoms with Crippen LogP contribution in [0.1, 0.15) is 31.2 Å². The van der Waals surface area contributed by atoms with Gasteiger partial charge in [-0.25, -0.2) is 0 Å². The van der Waals surface area contributed by atoms with E-state index in [1.54, 1.807) is 0 Å². The summed E-state index contributed by atoms with van der Waals surface area (Å²) in [5.41, 5.74) is 1.15. The molecule has 0 bridgehead atoms. The summed E-state index contributed by atoms with van der Waals surface area (Å²) < 4.78 is 0. The number of rotatable bonds is 3. The summed E-state index contributed by atoms with van der Waals surface area (Å²) in [7, 11) is 0. The van der Waals surface area contributed by atoms with Crippen LogP contribution in [-0.2, 0) is 6.42 Å². The van der Waals surface area contributed by atoms with Crippen molar-refractivity contribution in [3.05, 3.63) is 35.9 Å². The highest BCUT2D eigenvalue weighted by atomic mass is 16.3. The fourth-order valence-electron chi connectivity index (χ4n) is 2.60. The highest BCUT2D eigenvalue weighted by Gasteiger charge is 2.29. The van der Waals surface area contributed by atoms with Crippen LogP contribution in [0, 0.1) is 5.92 Å². The second-order valence-corrected chi connectivity index (χ2v) is 4.77. The van der Waals surface area contributed by atoms with Crippen molar-refractivity contribution in [1.29, 1.82) is 0 Å². The molecule has 88 valence electrons. The maximum Gasteiger partial charge on any atom is 0.0633 e. The third kappa shape index (κ3) is 2.83. The molecule has 3 atom stereocenters. The van der Waals surface area contributed by atoms with Gasteiger partial charge >= 0.3 is 0 Å². The Balaban J connectivity index is 1.94. The van der Waals surface area contributed by atoms with Crippen LogP contribution < -0.4 is 0 Å². The number of hydrogen-bond acceptors (Lipinski definition) is 2. The molecule has 0 saturated heterocycles. The second-order valence-electron chi connectivity index (χ2n) is 4.77. The first kappa shape index (κ1) is 11.6. The van der Waals surface area contributed by atoms with E-state index in [0.717, 1.165) is 31.2 Å². The topological polar surface area (TPSA) is 40.5 Å². The van der Waals surface area contributed by atoms with E-state index in [2.05, 4.69) is 0 Å². The van der Waals surface area contributed by atoms with Gasteiger partial charge in [0.15, 0.2) is 0 Å². The van der Waals surface area contributed by atoms with Gasteiger partial charge in [-0.05, 0) is 24.8 Å². The molecule has 16 heavy (non-hydrogen) atoms. The molecule has 0 aliphatic heterocycles. The van der Waals surface area contributed by atoms with Crippen LogP contribution in [0.25, 0.3) is 0 Å². The highest BCUT2D eigenvalue weighted by Crippen LogP contribution is 2.28. The lowest BCUT2D eigenvalue weighted by Crippen LogP contribution is -2.35. The van der Waals surface area contributed by atoms with Crippen molar-refractivity contribution in [1.82, 2.24) is 0 Å². The van der Waals surface area contributed by atoms with Gasteiger partial charge in [0.2, 0.25) is 0 Å². The maximum absolute atomic E-state index is 10.1. The molecule has 0 spiro atoms. The Hall–Kier alpha value is -0.860. The fraction of sp³-hybridized carbons (Fsp3) is 0.571. The molecule has 0 radical (unpaired) electrons. The SMILES string of the molecule is OC1CCCCC1C(O)Cc1ccccc1. The molecule has 2 nitrogen and oxygen atoms in total. The van der Waals surface area contributed by atoms with Gasteiger partial charge in [0.1, 0.15) is 0 Å². The molecule has 1 aliphatic carbocycles. The molecule has 2 N–H and O–H groups in total. The largest absolute Gasteiger partial charge is 0.393 e. The van der Waals surface area contributed by atoms with Gasteiger partial charge in [-0.2, -0.15) is 0 Å². The Morgan fingerprint density at radius 3 is 2.50 bits per heavy atom. The number of aliphatic hydroxyl groups is 2. The lowest BCUT2D eigenvalue weighted by molar-refractivity contribution is -0.0117. The average molecular weight is 220 g/mol. The highest BCUT2D eigenvalue weighted by molar-refractivity contribution is 5.15. The average Bonchev–Trinajstić information content (AvgIpc) is 2.31. The normalized spacial score (nSPS) is 27.6. The number of benzene rings is 1. The Morgan fingerprint density at radius 1 is 1.12 bits per heavy atom. The summed E-state index contributed by atoms with van der Waals surface area (Å²) >= 11 is 0. The fourth-order valence-corrected chi connectivity index (χ4v) is 2.60. The van der Waals surface area contributed by atoms with Crippen molar-refractivity contribution in [3.8, 4) is 0 Å². The van der Waals surface area contributed by atoms with Crippen molar-refractivity contribution in [2.45, 2.75) is 44.3 Å². The van der Waals surface area contributed by atoms with Gasteiger partial charge in [0, 0.05) is 5.92 Å². The predicted molar refractivity (Wildman–Crippen MR) is 64.1 cm³/mol. The number of hydrogen-bond donors (Lipinski definition) is 2. The Bertz CT molecular complexity index is 310. The molecule has 0 heterocycles. The first-order valence-electron chi connectivity index (χ1n) is 6.17. The zero-order valence-electron chi connectivity index (χ0n) is 9.55. The summed E-state index contributed by atoms with van der Waals surface area (Å²) in [5, 5.41) is 20.0. The van der Waals surface area contributed by atoms with E-state index < -0.39 is 6.10 Å². The van der Waals surface area contributed by atoms with Crippen molar-refractivity contribution in [2.75, 3.05) is 0 Å². The molecule has 1 aromatic carbocycles. The molecule has 3 unspecified atom stereocenters. The molecule has 2 rings (SSSR count). The minimum atomic E-state index is -0.405. The lowest BCUT2D eigenvalue weighted by atomic mass is 9.81. The van der Waals surface area contributed by atoms with Crippen LogP contribution >= 0.6 is 0 Å². The molecule has 1 aliphatic rings. The Labute approximate surface area is 96.9 Å². The van der Waals surface area contributed by atoms with Crippen LogP contribution in [-0.4, -0.2) is 22.4 Å². The Morgan fingerprint density at radius 2 is 1.81 bits per heavy atom. The molecule has 1 fully saturated rings.